The van der Waals surface area contributed by atoms with Gasteiger partial charge in [-0.15, -0.1) is 0 Å². The van der Waals surface area contributed by atoms with E-state index in [0.29, 0.717) is 33.4 Å². The fourth-order valence-corrected chi connectivity index (χ4v) is 3.98. The summed E-state index contributed by atoms with van der Waals surface area (Å²) in [4.78, 5) is 9.22. The van der Waals surface area contributed by atoms with Gasteiger partial charge in [0.2, 0.25) is 15.9 Å². The van der Waals surface area contributed by atoms with Crippen molar-refractivity contribution < 1.29 is 13.2 Å². The second-order valence-electron chi connectivity index (χ2n) is 6.58. The van der Waals surface area contributed by atoms with Crippen LogP contribution in [0.1, 0.15) is 5.69 Å². The highest BCUT2D eigenvalue weighted by Gasteiger charge is 2.13. The molecule has 30 heavy (non-hydrogen) atoms. The van der Waals surface area contributed by atoms with E-state index in [1.807, 2.05) is 37.3 Å². The zero-order valence-electron chi connectivity index (χ0n) is 16.3. The minimum atomic E-state index is -3.50. The summed E-state index contributed by atoms with van der Waals surface area (Å²) in [6.07, 6.45) is 0. The van der Waals surface area contributed by atoms with Crippen molar-refractivity contribution in [2.24, 2.45) is 0 Å². The van der Waals surface area contributed by atoms with E-state index in [1.165, 1.54) is 7.05 Å². The molecule has 0 unspecified atom stereocenters. The van der Waals surface area contributed by atoms with Crippen molar-refractivity contribution in [3.8, 4) is 22.8 Å². The van der Waals surface area contributed by atoms with Crippen LogP contribution in [0.5, 0.6) is 11.6 Å². The van der Waals surface area contributed by atoms with Crippen LogP contribution in [0.2, 0.25) is 5.02 Å². The third-order valence-electron chi connectivity index (χ3n) is 4.59. The molecule has 3 aromatic carbocycles. The Morgan fingerprint density at radius 1 is 0.933 bits per heavy atom. The minimum absolute atomic E-state index is 0.212. The molecule has 1 aromatic heterocycles. The molecule has 0 atom stereocenters. The summed E-state index contributed by atoms with van der Waals surface area (Å²) in [5.41, 5.74) is 3.57. The maximum Gasteiger partial charge on any atom is 0.241 e. The van der Waals surface area contributed by atoms with Crippen molar-refractivity contribution in [1.29, 1.82) is 0 Å². The van der Waals surface area contributed by atoms with Gasteiger partial charge in [0.1, 0.15) is 17.0 Å². The average Bonchev–Trinajstić information content (AvgIpc) is 2.76. The number of hydrogen-bond donors (Lipinski definition) is 1. The third-order valence-corrected chi connectivity index (χ3v) is 6.31. The summed E-state index contributed by atoms with van der Waals surface area (Å²) < 4.78 is 32.3. The van der Waals surface area contributed by atoms with Gasteiger partial charge in [-0.1, -0.05) is 41.9 Å². The Hall–Kier alpha value is -3.00. The molecule has 0 saturated carbocycles. The van der Waals surface area contributed by atoms with Gasteiger partial charge in [0.15, 0.2) is 0 Å². The Morgan fingerprint density at radius 2 is 1.67 bits per heavy atom. The lowest BCUT2D eigenvalue weighted by Gasteiger charge is -2.10. The number of fused-ring (bicyclic) bond motifs is 1. The smallest absolute Gasteiger partial charge is 0.241 e. The summed E-state index contributed by atoms with van der Waals surface area (Å²) in [5.74, 6) is 0.996. The number of nitrogens with zero attached hydrogens (tertiary/aromatic N) is 2. The Morgan fingerprint density at radius 3 is 2.40 bits per heavy atom. The Labute approximate surface area is 179 Å². The zero-order valence-corrected chi connectivity index (χ0v) is 17.8. The van der Waals surface area contributed by atoms with E-state index in [2.05, 4.69) is 14.7 Å². The van der Waals surface area contributed by atoms with Crippen LogP contribution < -0.4 is 9.46 Å². The summed E-state index contributed by atoms with van der Waals surface area (Å²) in [6, 6.07) is 19.5. The second kappa shape index (κ2) is 8.02. The van der Waals surface area contributed by atoms with Crippen molar-refractivity contribution in [2.45, 2.75) is 11.8 Å². The number of sulfonamides is 1. The van der Waals surface area contributed by atoms with Gasteiger partial charge in [-0.25, -0.2) is 23.1 Å². The van der Waals surface area contributed by atoms with Crippen LogP contribution >= 0.6 is 11.6 Å². The second-order valence-corrected chi connectivity index (χ2v) is 8.88. The number of rotatable bonds is 5. The molecule has 0 spiro atoms. The van der Waals surface area contributed by atoms with E-state index in [-0.39, 0.29) is 4.90 Å². The van der Waals surface area contributed by atoms with Gasteiger partial charge in [-0.3, -0.25) is 0 Å². The number of nitrogens with one attached hydrogen (secondary N) is 1. The molecule has 152 valence electrons. The fourth-order valence-electron chi connectivity index (χ4n) is 3.00. The molecule has 0 aliphatic carbocycles. The van der Waals surface area contributed by atoms with Crippen LogP contribution in [0, 0.1) is 6.92 Å². The first kappa shape index (κ1) is 20.3. The zero-order chi connectivity index (χ0) is 21.3. The Balaban J connectivity index is 1.62. The van der Waals surface area contributed by atoms with Gasteiger partial charge in [-0.2, -0.15) is 0 Å². The molecule has 8 heteroatoms. The lowest BCUT2D eigenvalue weighted by Crippen LogP contribution is -2.18. The van der Waals surface area contributed by atoms with E-state index in [4.69, 9.17) is 16.3 Å². The lowest BCUT2D eigenvalue weighted by molar-refractivity contribution is 0.458. The Bertz CT molecular complexity index is 1340. The quantitative estimate of drug-likeness (QED) is 0.475. The number of aryl methyl sites for hydroxylation is 1. The maximum atomic E-state index is 12.0. The van der Waals surface area contributed by atoms with Crippen molar-refractivity contribution in [3.63, 3.8) is 0 Å². The fraction of sp³-hybridized carbons (Fsp3) is 0.0909. The highest BCUT2D eigenvalue weighted by molar-refractivity contribution is 7.89. The first-order valence-corrected chi connectivity index (χ1v) is 11.0. The van der Waals surface area contributed by atoms with E-state index < -0.39 is 10.0 Å². The number of para-hydroxylation sites is 1. The molecular weight excluding hydrogens is 422 g/mol. The molecule has 1 heterocycles. The molecule has 0 aliphatic rings. The monoisotopic (exact) mass is 439 g/mol. The molecule has 6 nitrogen and oxygen atoms in total. The highest BCUT2D eigenvalue weighted by atomic mass is 35.5. The molecule has 0 radical (unpaired) electrons. The minimum Gasteiger partial charge on any atom is -0.437 e. The van der Waals surface area contributed by atoms with Crippen LogP contribution in [0.25, 0.3) is 22.2 Å². The van der Waals surface area contributed by atoms with E-state index in [9.17, 15) is 8.42 Å². The standard InChI is InChI=1S/C22H18ClN3O3S/c1-14-22(26-20-8-4-7-19(23)21(20)25-14)29-17-11-9-15(10-12-17)16-5-3-6-18(13-16)30(27,28)24-2/h3-13,24H,1-2H3. The van der Waals surface area contributed by atoms with Crippen LogP contribution in [-0.2, 0) is 10.0 Å². The van der Waals surface area contributed by atoms with Crippen LogP contribution in [0.3, 0.4) is 0 Å². The SMILES string of the molecule is CNS(=O)(=O)c1cccc(-c2ccc(Oc3nc4cccc(Cl)c4nc3C)cc2)c1. The number of benzene rings is 3. The molecular formula is C22H18ClN3O3S. The summed E-state index contributed by atoms with van der Waals surface area (Å²) in [6.45, 7) is 1.81. The molecule has 0 fully saturated rings. The van der Waals surface area contributed by atoms with Gasteiger partial charge in [-0.05, 0) is 61.5 Å². The van der Waals surface area contributed by atoms with Gasteiger partial charge in [0.25, 0.3) is 0 Å². The van der Waals surface area contributed by atoms with Gasteiger partial charge >= 0.3 is 0 Å². The number of hydrogen-bond acceptors (Lipinski definition) is 5. The number of ether oxygens (including phenoxy) is 1. The summed E-state index contributed by atoms with van der Waals surface area (Å²) >= 11 is 6.18. The van der Waals surface area contributed by atoms with E-state index in [0.717, 1.165) is 11.1 Å². The van der Waals surface area contributed by atoms with Crippen molar-refractivity contribution >= 4 is 32.7 Å². The number of aromatic nitrogens is 2. The van der Waals surface area contributed by atoms with Crippen molar-refractivity contribution in [1.82, 2.24) is 14.7 Å². The topological polar surface area (TPSA) is 81.2 Å². The van der Waals surface area contributed by atoms with Crippen LogP contribution in [-0.4, -0.2) is 25.4 Å². The normalized spacial score (nSPS) is 11.6. The van der Waals surface area contributed by atoms with E-state index >= 15 is 0 Å². The first-order chi connectivity index (χ1) is 14.4. The lowest BCUT2D eigenvalue weighted by atomic mass is 10.1. The largest absolute Gasteiger partial charge is 0.437 e. The molecule has 1 N–H and O–H groups in total. The maximum absolute atomic E-state index is 12.0. The van der Waals surface area contributed by atoms with Gasteiger partial charge < -0.3 is 4.74 Å². The van der Waals surface area contributed by atoms with Crippen LogP contribution in [0.15, 0.2) is 71.6 Å². The third kappa shape index (κ3) is 4.00. The molecule has 0 saturated heterocycles. The average molecular weight is 440 g/mol. The molecule has 0 aliphatic heterocycles. The van der Waals surface area contributed by atoms with Crippen molar-refractivity contribution in [2.75, 3.05) is 7.05 Å². The molecule has 0 bridgehead atoms. The number of halogens is 1. The molecule has 4 rings (SSSR count). The predicted molar refractivity (Wildman–Crippen MR) is 117 cm³/mol. The first-order valence-electron chi connectivity index (χ1n) is 9.12. The van der Waals surface area contributed by atoms with E-state index in [1.54, 1.807) is 36.4 Å². The predicted octanol–water partition coefficient (Wildman–Crippen LogP) is 4.96. The molecule has 4 aromatic rings. The summed E-state index contributed by atoms with van der Waals surface area (Å²) in [5, 5.41) is 0.543. The van der Waals surface area contributed by atoms with Crippen molar-refractivity contribution in [3.05, 3.63) is 77.4 Å². The Kier molecular flexibility index (Phi) is 5.42. The molecule has 0 amide bonds. The summed E-state index contributed by atoms with van der Waals surface area (Å²) in [7, 11) is -2.11. The van der Waals surface area contributed by atoms with Crippen LogP contribution in [0.4, 0.5) is 0 Å². The van der Waals surface area contributed by atoms with Gasteiger partial charge in [0, 0.05) is 0 Å². The van der Waals surface area contributed by atoms with Gasteiger partial charge in [0.05, 0.1) is 15.4 Å². The highest BCUT2D eigenvalue weighted by Crippen LogP contribution is 2.29.